The van der Waals surface area contributed by atoms with Crippen LogP contribution in [0.15, 0.2) is 35.7 Å². The number of ether oxygens (including phenoxy) is 1. The van der Waals surface area contributed by atoms with E-state index >= 15 is 0 Å². The van der Waals surface area contributed by atoms with Gasteiger partial charge >= 0.3 is 5.97 Å². The molecule has 0 bridgehead atoms. The molecule has 21 heavy (non-hydrogen) atoms. The lowest BCUT2D eigenvalue weighted by Crippen LogP contribution is -1.97. The molecule has 2 rings (SSSR count). The van der Waals surface area contributed by atoms with Gasteiger partial charge in [0, 0.05) is 17.4 Å². The number of carboxylic acid groups (broad SMARTS) is 1. The Balaban J connectivity index is 1.99. The van der Waals surface area contributed by atoms with Crippen LogP contribution in [0.25, 0.3) is 6.08 Å². The molecule has 0 saturated heterocycles. The maximum absolute atomic E-state index is 10.5. The van der Waals surface area contributed by atoms with Gasteiger partial charge in [-0.1, -0.05) is 26.0 Å². The summed E-state index contributed by atoms with van der Waals surface area (Å²) in [5.41, 5.74) is 1.70. The van der Waals surface area contributed by atoms with Crippen LogP contribution in [0, 0.1) is 0 Å². The molecule has 0 aliphatic carbocycles. The Morgan fingerprint density at radius 1 is 1.48 bits per heavy atom. The standard InChI is InChI=1S/C16H17NO3S/c1-11(2)16-17-13(10-21-16)9-20-14-5-3-4-12(8-14)6-7-15(18)19/h3-8,10-11H,9H2,1-2H3,(H,18,19). The number of rotatable bonds is 6. The van der Waals surface area contributed by atoms with E-state index in [1.54, 1.807) is 17.4 Å². The Hall–Kier alpha value is -2.14. The predicted octanol–water partition coefficient (Wildman–Crippen LogP) is 3.94. The lowest BCUT2D eigenvalue weighted by atomic mass is 10.2. The highest BCUT2D eigenvalue weighted by molar-refractivity contribution is 7.09. The van der Waals surface area contributed by atoms with Crippen molar-refractivity contribution in [2.45, 2.75) is 26.4 Å². The fourth-order valence-electron chi connectivity index (χ4n) is 1.69. The van der Waals surface area contributed by atoms with Gasteiger partial charge < -0.3 is 9.84 Å². The molecule has 0 fully saturated rings. The number of aromatic nitrogens is 1. The van der Waals surface area contributed by atoms with Crippen molar-refractivity contribution < 1.29 is 14.6 Å². The first kappa shape index (κ1) is 15.3. The first-order chi connectivity index (χ1) is 10.0. The van der Waals surface area contributed by atoms with E-state index in [0.717, 1.165) is 22.3 Å². The number of hydrogen-bond acceptors (Lipinski definition) is 4. The molecule has 1 aromatic heterocycles. The van der Waals surface area contributed by atoms with Crippen molar-refractivity contribution in [2.75, 3.05) is 0 Å². The average molecular weight is 303 g/mol. The molecule has 0 saturated carbocycles. The highest BCUT2D eigenvalue weighted by Gasteiger charge is 2.06. The summed E-state index contributed by atoms with van der Waals surface area (Å²) in [7, 11) is 0. The Kier molecular flexibility index (Phi) is 5.11. The molecule has 2 aromatic rings. The van der Waals surface area contributed by atoms with Gasteiger partial charge in [0.1, 0.15) is 12.4 Å². The van der Waals surface area contributed by atoms with E-state index in [9.17, 15) is 4.79 Å². The quantitative estimate of drug-likeness (QED) is 0.821. The minimum absolute atomic E-state index is 0.412. The van der Waals surface area contributed by atoms with Gasteiger partial charge in [-0.25, -0.2) is 9.78 Å². The van der Waals surface area contributed by atoms with Crippen LogP contribution in [0.2, 0.25) is 0 Å². The lowest BCUT2D eigenvalue weighted by Gasteiger charge is -2.05. The molecule has 110 valence electrons. The second-order valence-electron chi connectivity index (χ2n) is 4.86. The van der Waals surface area contributed by atoms with Gasteiger partial charge in [0.25, 0.3) is 0 Å². The van der Waals surface area contributed by atoms with E-state index in [-0.39, 0.29) is 0 Å². The van der Waals surface area contributed by atoms with E-state index in [0.29, 0.717) is 18.3 Å². The Morgan fingerprint density at radius 2 is 2.29 bits per heavy atom. The monoisotopic (exact) mass is 303 g/mol. The minimum atomic E-state index is -0.968. The molecular weight excluding hydrogens is 286 g/mol. The summed E-state index contributed by atoms with van der Waals surface area (Å²) in [6.45, 7) is 4.64. The van der Waals surface area contributed by atoms with Crippen molar-refractivity contribution in [1.82, 2.24) is 4.98 Å². The molecular formula is C16H17NO3S. The molecule has 1 aromatic carbocycles. The van der Waals surface area contributed by atoms with Gasteiger partial charge in [-0.3, -0.25) is 0 Å². The van der Waals surface area contributed by atoms with E-state index < -0.39 is 5.97 Å². The summed E-state index contributed by atoms with van der Waals surface area (Å²) >= 11 is 1.64. The summed E-state index contributed by atoms with van der Waals surface area (Å²) in [6, 6.07) is 7.30. The number of benzene rings is 1. The SMILES string of the molecule is CC(C)c1nc(COc2cccc(C=CC(=O)O)c2)cs1. The smallest absolute Gasteiger partial charge is 0.328 e. The molecule has 4 nitrogen and oxygen atoms in total. The van der Waals surface area contributed by atoms with Gasteiger partial charge in [-0.05, 0) is 23.8 Å². The minimum Gasteiger partial charge on any atom is -0.487 e. The maximum Gasteiger partial charge on any atom is 0.328 e. The third kappa shape index (κ3) is 4.72. The first-order valence-corrected chi connectivity index (χ1v) is 7.50. The van der Waals surface area contributed by atoms with Crippen molar-refractivity contribution in [3.8, 4) is 5.75 Å². The summed E-state index contributed by atoms with van der Waals surface area (Å²) in [5, 5.41) is 11.7. The Morgan fingerprint density at radius 3 is 2.95 bits per heavy atom. The second-order valence-corrected chi connectivity index (χ2v) is 5.75. The van der Waals surface area contributed by atoms with Crippen LogP contribution in [0.1, 0.15) is 36.0 Å². The van der Waals surface area contributed by atoms with Crippen molar-refractivity contribution in [3.63, 3.8) is 0 Å². The van der Waals surface area contributed by atoms with Crippen molar-refractivity contribution in [2.24, 2.45) is 0 Å². The number of nitrogens with zero attached hydrogens (tertiary/aromatic N) is 1. The number of hydrogen-bond donors (Lipinski definition) is 1. The molecule has 0 aliphatic rings. The predicted molar refractivity (Wildman–Crippen MR) is 83.6 cm³/mol. The van der Waals surface area contributed by atoms with Crippen LogP contribution in [0.4, 0.5) is 0 Å². The molecule has 1 N–H and O–H groups in total. The van der Waals surface area contributed by atoms with Crippen LogP contribution < -0.4 is 4.74 Å². The zero-order valence-corrected chi connectivity index (χ0v) is 12.8. The van der Waals surface area contributed by atoms with Gasteiger partial charge in [0.15, 0.2) is 0 Å². The second kappa shape index (κ2) is 7.04. The van der Waals surface area contributed by atoms with Crippen LogP contribution in [-0.4, -0.2) is 16.1 Å². The van der Waals surface area contributed by atoms with E-state index in [1.807, 2.05) is 23.6 Å². The highest BCUT2D eigenvalue weighted by Crippen LogP contribution is 2.21. The van der Waals surface area contributed by atoms with Crippen LogP contribution in [0.3, 0.4) is 0 Å². The van der Waals surface area contributed by atoms with E-state index in [4.69, 9.17) is 9.84 Å². The summed E-state index contributed by atoms with van der Waals surface area (Å²) < 4.78 is 5.70. The first-order valence-electron chi connectivity index (χ1n) is 6.63. The van der Waals surface area contributed by atoms with Crippen molar-refractivity contribution in [3.05, 3.63) is 52.0 Å². The zero-order chi connectivity index (χ0) is 15.2. The lowest BCUT2D eigenvalue weighted by molar-refractivity contribution is -0.131. The summed E-state index contributed by atoms with van der Waals surface area (Å²) in [6.07, 6.45) is 2.64. The number of aliphatic carboxylic acids is 1. The molecule has 0 spiro atoms. The topological polar surface area (TPSA) is 59.4 Å². The van der Waals surface area contributed by atoms with Gasteiger partial charge in [0.2, 0.25) is 0 Å². The third-order valence-corrected chi connectivity index (χ3v) is 3.92. The molecule has 0 amide bonds. The largest absolute Gasteiger partial charge is 0.487 e. The van der Waals surface area contributed by atoms with Crippen LogP contribution >= 0.6 is 11.3 Å². The Labute approximate surface area is 127 Å². The normalized spacial score (nSPS) is 11.2. The van der Waals surface area contributed by atoms with E-state index in [2.05, 4.69) is 18.8 Å². The number of carbonyl (C=O) groups is 1. The van der Waals surface area contributed by atoms with E-state index in [1.165, 1.54) is 6.08 Å². The fourth-order valence-corrected chi connectivity index (χ4v) is 2.51. The maximum atomic E-state index is 10.5. The molecule has 0 radical (unpaired) electrons. The van der Waals surface area contributed by atoms with Crippen molar-refractivity contribution in [1.29, 1.82) is 0 Å². The molecule has 0 atom stereocenters. The van der Waals surface area contributed by atoms with Crippen molar-refractivity contribution >= 4 is 23.4 Å². The van der Waals surface area contributed by atoms with Gasteiger partial charge in [0.05, 0.1) is 10.7 Å². The van der Waals surface area contributed by atoms with Crippen LogP contribution in [-0.2, 0) is 11.4 Å². The number of carboxylic acids is 1. The number of thiazole rings is 1. The van der Waals surface area contributed by atoms with Gasteiger partial charge in [-0.2, -0.15) is 0 Å². The van der Waals surface area contributed by atoms with Crippen LogP contribution in [0.5, 0.6) is 5.75 Å². The molecule has 0 unspecified atom stereocenters. The Bertz CT molecular complexity index is 646. The average Bonchev–Trinajstić information content (AvgIpc) is 2.92. The summed E-state index contributed by atoms with van der Waals surface area (Å²) in [5.74, 6) is 0.153. The fraction of sp³-hybridized carbons (Fsp3) is 0.250. The highest BCUT2D eigenvalue weighted by atomic mass is 32.1. The summed E-state index contributed by atoms with van der Waals surface area (Å²) in [4.78, 5) is 15.0. The molecule has 1 heterocycles. The third-order valence-electron chi connectivity index (χ3n) is 2.73. The molecule has 5 heteroatoms. The zero-order valence-electron chi connectivity index (χ0n) is 11.9. The van der Waals surface area contributed by atoms with Gasteiger partial charge in [-0.15, -0.1) is 11.3 Å². The molecule has 0 aliphatic heterocycles.